The monoisotopic (exact) mass is 296 g/mol. The van der Waals surface area contributed by atoms with Gasteiger partial charge in [-0.25, -0.2) is 4.98 Å². The molecule has 1 unspecified atom stereocenters. The summed E-state index contributed by atoms with van der Waals surface area (Å²) in [5.41, 5.74) is 0. The van der Waals surface area contributed by atoms with Crippen LogP contribution < -0.4 is 10.1 Å². The van der Waals surface area contributed by atoms with E-state index in [1.54, 1.807) is 30.5 Å². The molecule has 2 rings (SSSR count). The molecule has 1 heterocycles. The molecule has 108 valence electrons. The number of aliphatic hydroxyl groups excluding tert-OH is 1. The molecule has 0 bridgehead atoms. The molecule has 1 aromatic carbocycles. The van der Waals surface area contributed by atoms with Gasteiger partial charge in [0.2, 0.25) is 5.89 Å². The molecule has 20 heavy (non-hydrogen) atoms. The predicted molar refractivity (Wildman–Crippen MR) is 75.9 cm³/mol. The summed E-state index contributed by atoms with van der Waals surface area (Å²) in [6.07, 6.45) is 1.05. The molecule has 5 nitrogen and oxygen atoms in total. The first kappa shape index (κ1) is 14.8. The second-order valence-electron chi connectivity index (χ2n) is 4.41. The fraction of sp³-hybridized carbons (Fsp3) is 0.357. The number of rotatable bonds is 7. The lowest BCUT2D eigenvalue weighted by Crippen LogP contribution is -2.31. The molecule has 0 saturated heterocycles. The fourth-order valence-electron chi connectivity index (χ4n) is 1.61. The molecule has 0 amide bonds. The topological polar surface area (TPSA) is 67.5 Å². The third-order valence-corrected chi connectivity index (χ3v) is 2.83. The van der Waals surface area contributed by atoms with Crippen LogP contribution in [0.4, 0.5) is 0 Å². The molecule has 0 aliphatic heterocycles. The maximum absolute atomic E-state index is 9.78. The number of ether oxygens (including phenoxy) is 1. The van der Waals surface area contributed by atoms with Crippen molar-refractivity contribution >= 4 is 11.6 Å². The normalized spacial score (nSPS) is 12.3. The van der Waals surface area contributed by atoms with E-state index in [1.165, 1.54) is 0 Å². The van der Waals surface area contributed by atoms with E-state index in [2.05, 4.69) is 10.3 Å². The summed E-state index contributed by atoms with van der Waals surface area (Å²) < 4.78 is 10.7. The number of benzene rings is 1. The van der Waals surface area contributed by atoms with Crippen LogP contribution in [0.3, 0.4) is 0 Å². The van der Waals surface area contributed by atoms with Crippen LogP contribution in [-0.4, -0.2) is 29.3 Å². The van der Waals surface area contributed by atoms with Crippen LogP contribution in [0.25, 0.3) is 0 Å². The highest BCUT2D eigenvalue weighted by molar-refractivity contribution is 6.30. The first-order valence-corrected chi connectivity index (χ1v) is 6.70. The lowest BCUT2D eigenvalue weighted by Gasteiger charge is -2.12. The largest absolute Gasteiger partial charge is 0.491 e. The van der Waals surface area contributed by atoms with Gasteiger partial charge in [-0.2, -0.15) is 0 Å². The van der Waals surface area contributed by atoms with E-state index in [9.17, 15) is 5.11 Å². The van der Waals surface area contributed by atoms with Crippen LogP contribution >= 0.6 is 11.6 Å². The lowest BCUT2D eigenvalue weighted by molar-refractivity contribution is 0.105. The number of nitrogens with zero attached hydrogens (tertiary/aromatic N) is 1. The van der Waals surface area contributed by atoms with E-state index in [1.807, 2.05) is 6.92 Å². The van der Waals surface area contributed by atoms with Gasteiger partial charge in [0, 0.05) is 11.6 Å². The Morgan fingerprint density at radius 2 is 2.15 bits per heavy atom. The third-order valence-electron chi connectivity index (χ3n) is 2.58. The molecule has 0 saturated carbocycles. The summed E-state index contributed by atoms with van der Waals surface area (Å²) in [4.78, 5) is 4.06. The SMILES string of the molecule is Cc1cnc(CNCC(O)COc2ccc(Cl)cc2)o1. The molecule has 0 fully saturated rings. The summed E-state index contributed by atoms with van der Waals surface area (Å²) >= 11 is 5.77. The van der Waals surface area contributed by atoms with Gasteiger partial charge in [-0.05, 0) is 31.2 Å². The van der Waals surface area contributed by atoms with Crippen molar-refractivity contribution in [2.24, 2.45) is 0 Å². The highest BCUT2D eigenvalue weighted by atomic mass is 35.5. The predicted octanol–water partition coefficient (Wildman–Crippen LogP) is 2.17. The number of aromatic nitrogens is 1. The minimum Gasteiger partial charge on any atom is -0.491 e. The Bertz CT molecular complexity index is 527. The zero-order valence-electron chi connectivity index (χ0n) is 11.2. The van der Waals surface area contributed by atoms with E-state index in [4.69, 9.17) is 20.8 Å². The Morgan fingerprint density at radius 3 is 2.80 bits per heavy atom. The molecule has 2 N–H and O–H groups in total. The number of hydrogen-bond acceptors (Lipinski definition) is 5. The first-order valence-electron chi connectivity index (χ1n) is 6.32. The Kier molecular flexibility index (Phi) is 5.40. The van der Waals surface area contributed by atoms with Gasteiger partial charge in [0.25, 0.3) is 0 Å². The smallest absolute Gasteiger partial charge is 0.208 e. The van der Waals surface area contributed by atoms with E-state index in [-0.39, 0.29) is 6.61 Å². The van der Waals surface area contributed by atoms with Crippen molar-refractivity contribution in [1.82, 2.24) is 10.3 Å². The van der Waals surface area contributed by atoms with Gasteiger partial charge in [0.05, 0.1) is 12.7 Å². The average Bonchev–Trinajstić information content (AvgIpc) is 2.84. The molecule has 6 heteroatoms. The van der Waals surface area contributed by atoms with Crippen LogP contribution in [0.2, 0.25) is 5.02 Å². The van der Waals surface area contributed by atoms with Crippen molar-refractivity contribution in [1.29, 1.82) is 0 Å². The van der Waals surface area contributed by atoms with E-state index >= 15 is 0 Å². The maximum atomic E-state index is 9.78. The Labute approximate surface area is 122 Å². The summed E-state index contributed by atoms with van der Waals surface area (Å²) in [6.45, 7) is 2.92. The van der Waals surface area contributed by atoms with Crippen molar-refractivity contribution < 1.29 is 14.3 Å². The lowest BCUT2D eigenvalue weighted by atomic mass is 10.3. The highest BCUT2D eigenvalue weighted by Gasteiger charge is 2.06. The van der Waals surface area contributed by atoms with Gasteiger partial charge in [0.1, 0.15) is 24.2 Å². The number of aryl methyl sites for hydroxylation is 1. The summed E-state index contributed by atoms with van der Waals surface area (Å²) in [6, 6.07) is 7.01. The molecule has 2 aromatic rings. The second-order valence-corrected chi connectivity index (χ2v) is 4.85. The molecule has 0 aliphatic rings. The van der Waals surface area contributed by atoms with Gasteiger partial charge in [-0.1, -0.05) is 11.6 Å². The number of hydrogen-bond donors (Lipinski definition) is 2. The molecular formula is C14H17ClN2O3. The van der Waals surface area contributed by atoms with Gasteiger partial charge in [-0.3, -0.25) is 0 Å². The third kappa shape index (κ3) is 4.85. The Balaban J connectivity index is 1.65. The van der Waals surface area contributed by atoms with Crippen LogP contribution in [0.1, 0.15) is 11.7 Å². The van der Waals surface area contributed by atoms with Crippen LogP contribution in [0, 0.1) is 6.92 Å². The van der Waals surface area contributed by atoms with Crippen molar-refractivity contribution in [2.75, 3.05) is 13.2 Å². The molecule has 1 aromatic heterocycles. The molecular weight excluding hydrogens is 280 g/mol. The summed E-state index contributed by atoms with van der Waals surface area (Å²) in [5.74, 6) is 2.05. The molecule has 0 aliphatic carbocycles. The van der Waals surface area contributed by atoms with Gasteiger partial charge in [-0.15, -0.1) is 0 Å². The highest BCUT2D eigenvalue weighted by Crippen LogP contribution is 2.15. The second kappa shape index (κ2) is 7.28. The standard InChI is InChI=1S/C14H17ClN2O3/c1-10-6-17-14(20-10)8-16-7-12(18)9-19-13-4-2-11(15)3-5-13/h2-6,12,16,18H,7-9H2,1H3. The maximum Gasteiger partial charge on any atom is 0.208 e. The summed E-state index contributed by atoms with van der Waals surface area (Å²) in [5, 5.41) is 13.5. The minimum absolute atomic E-state index is 0.208. The van der Waals surface area contributed by atoms with Crippen LogP contribution in [0.5, 0.6) is 5.75 Å². The van der Waals surface area contributed by atoms with Crippen molar-refractivity contribution in [2.45, 2.75) is 19.6 Å². The zero-order valence-corrected chi connectivity index (χ0v) is 11.9. The first-order chi connectivity index (χ1) is 9.63. The number of oxazole rings is 1. The number of nitrogens with one attached hydrogen (secondary N) is 1. The van der Waals surface area contributed by atoms with Gasteiger partial charge < -0.3 is 19.6 Å². The van der Waals surface area contributed by atoms with Gasteiger partial charge in [0.15, 0.2) is 0 Å². The van der Waals surface area contributed by atoms with Crippen molar-refractivity contribution in [3.63, 3.8) is 0 Å². The van der Waals surface area contributed by atoms with Gasteiger partial charge >= 0.3 is 0 Å². The quantitative estimate of drug-likeness (QED) is 0.819. The Hall–Kier alpha value is -1.56. The van der Waals surface area contributed by atoms with E-state index < -0.39 is 6.10 Å². The van der Waals surface area contributed by atoms with Crippen molar-refractivity contribution in [3.05, 3.63) is 47.1 Å². The van der Waals surface area contributed by atoms with Crippen LogP contribution in [-0.2, 0) is 6.54 Å². The van der Waals surface area contributed by atoms with E-state index in [0.717, 1.165) is 5.76 Å². The molecule has 0 spiro atoms. The minimum atomic E-state index is -0.610. The van der Waals surface area contributed by atoms with E-state index in [0.29, 0.717) is 29.8 Å². The Morgan fingerprint density at radius 1 is 1.40 bits per heavy atom. The van der Waals surface area contributed by atoms with Crippen molar-refractivity contribution in [3.8, 4) is 5.75 Å². The summed E-state index contributed by atoms with van der Waals surface area (Å²) in [7, 11) is 0. The number of aliphatic hydroxyl groups is 1. The number of halogens is 1. The molecule has 1 atom stereocenters. The fourth-order valence-corrected chi connectivity index (χ4v) is 1.74. The van der Waals surface area contributed by atoms with Crippen LogP contribution in [0.15, 0.2) is 34.9 Å². The average molecular weight is 297 g/mol. The molecule has 0 radical (unpaired) electrons. The zero-order chi connectivity index (χ0) is 14.4.